The molecule has 0 saturated heterocycles. The first-order valence-electron chi connectivity index (χ1n) is 10.0. The smallest absolute Gasteiger partial charge is 0.275 e. The summed E-state index contributed by atoms with van der Waals surface area (Å²) in [7, 11) is 1.59. The number of fused-ring (bicyclic) bond motifs is 1. The number of thioether (sulfide) groups is 1. The van der Waals surface area contributed by atoms with E-state index in [-0.39, 0.29) is 17.2 Å². The number of ether oxygens (including phenoxy) is 1. The quantitative estimate of drug-likeness (QED) is 0.591. The van der Waals surface area contributed by atoms with Gasteiger partial charge in [0.15, 0.2) is 0 Å². The zero-order valence-corrected chi connectivity index (χ0v) is 18.4. The van der Waals surface area contributed by atoms with Gasteiger partial charge in [0, 0.05) is 29.5 Å². The molecule has 0 aliphatic heterocycles. The van der Waals surface area contributed by atoms with Crippen LogP contribution >= 0.6 is 23.1 Å². The summed E-state index contributed by atoms with van der Waals surface area (Å²) in [6.07, 6.45) is 6.01. The van der Waals surface area contributed by atoms with Crippen LogP contribution in [0.1, 0.15) is 48.7 Å². The third-order valence-corrected chi connectivity index (χ3v) is 7.14. The molecule has 0 spiro atoms. The second-order valence-electron chi connectivity index (χ2n) is 7.33. The molecule has 0 atom stereocenters. The molecular formula is C21H24N4O3S2. The van der Waals surface area contributed by atoms with Gasteiger partial charge in [-0.15, -0.1) is 11.8 Å². The second-order valence-corrected chi connectivity index (χ2v) is 9.30. The van der Waals surface area contributed by atoms with Gasteiger partial charge in [-0.3, -0.25) is 9.59 Å². The first-order chi connectivity index (χ1) is 14.6. The van der Waals surface area contributed by atoms with Crippen LogP contribution in [-0.4, -0.2) is 33.4 Å². The number of amides is 1. The SMILES string of the molecule is COc1cccc(NC(=O)CSCc2cc(=O)n3nc(C4CCCCC4)sc3n2)c1. The molecule has 3 aromatic rings. The Kier molecular flexibility index (Phi) is 6.69. The fourth-order valence-electron chi connectivity index (χ4n) is 3.61. The van der Waals surface area contributed by atoms with Crippen molar-refractivity contribution in [2.24, 2.45) is 0 Å². The molecule has 9 heteroatoms. The van der Waals surface area contributed by atoms with Crippen molar-refractivity contribution in [3.05, 3.63) is 51.4 Å². The summed E-state index contributed by atoms with van der Waals surface area (Å²) in [4.78, 5) is 29.9. The van der Waals surface area contributed by atoms with Gasteiger partial charge >= 0.3 is 0 Å². The van der Waals surface area contributed by atoms with Gasteiger partial charge in [-0.1, -0.05) is 36.7 Å². The van der Waals surface area contributed by atoms with E-state index < -0.39 is 0 Å². The van der Waals surface area contributed by atoms with Crippen LogP contribution in [0, 0.1) is 0 Å². The highest BCUT2D eigenvalue weighted by molar-refractivity contribution is 7.99. The number of methoxy groups -OCH3 is 1. The number of rotatable bonds is 7. The van der Waals surface area contributed by atoms with Gasteiger partial charge in [0.25, 0.3) is 5.56 Å². The summed E-state index contributed by atoms with van der Waals surface area (Å²) in [5, 5.41) is 8.39. The molecule has 1 N–H and O–H groups in total. The van der Waals surface area contributed by atoms with Crippen LogP contribution in [0.5, 0.6) is 5.75 Å². The number of nitrogens with one attached hydrogen (secondary N) is 1. The van der Waals surface area contributed by atoms with Gasteiger partial charge in [-0.2, -0.15) is 9.61 Å². The van der Waals surface area contributed by atoms with E-state index in [0.29, 0.717) is 33.8 Å². The standard InChI is InChI=1S/C21H24N4O3S2/c1-28-17-9-5-8-15(10-17)22-18(26)13-29-12-16-11-19(27)25-21(23-16)30-20(24-25)14-6-3-2-4-7-14/h5,8-11,14H,2-4,6-7,12-13H2,1H3,(H,22,26). The molecule has 1 aromatic carbocycles. The zero-order chi connectivity index (χ0) is 20.9. The summed E-state index contributed by atoms with van der Waals surface area (Å²) in [6.45, 7) is 0. The molecule has 4 rings (SSSR count). The second kappa shape index (κ2) is 9.61. The van der Waals surface area contributed by atoms with Crippen LogP contribution in [0.2, 0.25) is 0 Å². The Morgan fingerprint density at radius 1 is 1.30 bits per heavy atom. The molecular weight excluding hydrogens is 420 g/mol. The minimum Gasteiger partial charge on any atom is -0.497 e. The maximum Gasteiger partial charge on any atom is 0.275 e. The predicted octanol–water partition coefficient (Wildman–Crippen LogP) is 4.08. The molecule has 7 nitrogen and oxygen atoms in total. The number of anilines is 1. The van der Waals surface area contributed by atoms with Crippen molar-refractivity contribution >= 4 is 39.7 Å². The topological polar surface area (TPSA) is 85.6 Å². The molecule has 1 aliphatic rings. The normalized spacial score (nSPS) is 14.7. The van der Waals surface area contributed by atoms with Gasteiger partial charge in [0.05, 0.1) is 18.6 Å². The van der Waals surface area contributed by atoms with Crippen LogP contribution in [0.3, 0.4) is 0 Å². The first kappa shape index (κ1) is 20.9. The van der Waals surface area contributed by atoms with E-state index in [1.807, 2.05) is 18.2 Å². The number of benzene rings is 1. The van der Waals surface area contributed by atoms with E-state index in [0.717, 1.165) is 17.8 Å². The minimum absolute atomic E-state index is 0.108. The van der Waals surface area contributed by atoms with Crippen LogP contribution < -0.4 is 15.6 Å². The lowest BCUT2D eigenvalue weighted by atomic mass is 9.90. The molecule has 1 saturated carbocycles. The summed E-state index contributed by atoms with van der Waals surface area (Å²) in [6, 6.07) is 8.75. The van der Waals surface area contributed by atoms with Crippen LogP contribution in [0.25, 0.3) is 4.96 Å². The maximum absolute atomic E-state index is 12.5. The number of hydrogen-bond acceptors (Lipinski definition) is 7. The average Bonchev–Trinajstić information content (AvgIpc) is 3.19. The Morgan fingerprint density at radius 2 is 2.13 bits per heavy atom. The molecule has 0 bridgehead atoms. The monoisotopic (exact) mass is 444 g/mol. The largest absolute Gasteiger partial charge is 0.497 e. The van der Waals surface area contributed by atoms with E-state index in [1.54, 1.807) is 13.2 Å². The van der Waals surface area contributed by atoms with E-state index in [2.05, 4.69) is 15.4 Å². The van der Waals surface area contributed by atoms with E-state index >= 15 is 0 Å². The third kappa shape index (κ3) is 5.02. The van der Waals surface area contributed by atoms with E-state index in [1.165, 1.54) is 52.9 Å². The minimum atomic E-state index is -0.158. The van der Waals surface area contributed by atoms with Crippen molar-refractivity contribution in [1.82, 2.24) is 14.6 Å². The summed E-state index contributed by atoms with van der Waals surface area (Å²) >= 11 is 2.94. The maximum atomic E-state index is 12.5. The number of carbonyl (C=O) groups excluding carboxylic acids is 1. The van der Waals surface area contributed by atoms with Gasteiger partial charge in [-0.25, -0.2) is 4.98 Å². The van der Waals surface area contributed by atoms with Crippen LogP contribution in [0.4, 0.5) is 5.69 Å². The Morgan fingerprint density at radius 3 is 2.93 bits per heavy atom. The van der Waals surface area contributed by atoms with Crippen LogP contribution in [0.15, 0.2) is 35.1 Å². The molecule has 0 radical (unpaired) electrons. The molecule has 1 amide bonds. The summed E-state index contributed by atoms with van der Waals surface area (Å²) in [5.74, 6) is 1.80. The van der Waals surface area contributed by atoms with Gasteiger partial charge < -0.3 is 10.1 Å². The Hall–Kier alpha value is -2.39. The fraction of sp³-hybridized carbons (Fsp3) is 0.429. The number of aromatic nitrogens is 3. The van der Waals surface area contributed by atoms with Crippen molar-refractivity contribution in [3.8, 4) is 5.75 Å². The molecule has 0 unspecified atom stereocenters. The Labute approximate surface area is 182 Å². The molecule has 1 fully saturated rings. The van der Waals surface area contributed by atoms with Crippen molar-refractivity contribution in [2.45, 2.75) is 43.8 Å². The summed E-state index contributed by atoms with van der Waals surface area (Å²) in [5.41, 5.74) is 1.21. The highest BCUT2D eigenvalue weighted by atomic mass is 32.2. The number of nitrogens with zero attached hydrogens (tertiary/aromatic N) is 3. The predicted molar refractivity (Wildman–Crippen MR) is 121 cm³/mol. The fourth-order valence-corrected chi connectivity index (χ4v) is 5.41. The average molecular weight is 445 g/mol. The lowest BCUT2D eigenvalue weighted by Crippen LogP contribution is -2.17. The van der Waals surface area contributed by atoms with Crippen LogP contribution in [-0.2, 0) is 10.5 Å². The third-order valence-electron chi connectivity index (χ3n) is 5.10. The van der Waals surface area contributed by atoms with E-state index in [4.69, 9.17) is 4.74 Å². The lowest BCUT2D eigenvalue weighted by Gasteiger charge is -2.18. The molecule has 158 valence electrons. The zero-order valence-electron chi connectivity index (χ0n) is 16.8. The van der Waals surface area contributed by atoms with Gasteiger partial charge in [0.2, 0.25) is 10.9 Å². The van der Waals surface area contributed by atoms with Crippen molar-refractivity contribution in [3.63, 3.8) is 0 Å². The van der Waals surface area contributed by atoms with Crippen molar-refractivity contribution in [2.75, 3.05) is 18.2 Å². The molecule has 2 heterocycles. The van der Waals surface area contributed by atoms with Crippen molar-refractivity contribution < 1.29 is 9.53 Å². The molecule has 30 heavy (non-hydrogen) atoms. The Bertz CT molecular complexity index is 1090. The number of carbonyl (C=O) groups is 1. The van der Waals surface area contributed by atoms with E-state index in [9.17, 15) is 9.59 Å². The first-order valence-corrected chi connectivity index (χ1v) is 12.0. The molecule has 2 aromatic heterocycles. The Balaban J connectivity index is 1.36. The summed E-state index contributed by atoms with van der Waals surface area (Å²) < 4.78 is 6.58. The van der Waals surface area contributed by atoms with Crippen molar-refractivity contribution in [1.29, 1.82) is 0 Å². The number of hydrogen-bond donors (Lipinski definition) is 1. The lowest BCUT2D eigenvalue weighted by molar-refractivity contribution is -0.113. The molecule has 1 aliphatic carbocycles. The van der Waals surface area contributed by atoms with Gasteiger partial charge in [0.1, 0.15) is 10.8 Å². The highest BCUT2D eigenvalue weighted by Crippen LogP contribution is 2.34. The van der Waals surface area contributed by atoms with Gasteiger partial charge in [-0.05, 0) is 25.0 Å². The highest BCUT2D eigenvalue weighted by Gasteiger charge is 2.20.